The second-order valence-electron chi connectivity index (χ2n) is 3.99. The van der Waals surface area contributed by atoms with E-state index in [2.05, 4.69) is 10.3 Å². The maximum atomic E-state index is 6.16. The Hall–Kier alpha value is -1.74. The molecular weight excluding hydrogens is 296 g/mol. The standard InChI is InChI=1S/C14H15ClN2O.2C2H6/c1-10-7-8-16-14(13(10)15)17-9-11-3-5-12(18-2)6-4-11;2*1-2/h3-8H,9H2,1-2H3,(H,16,17);2*1-2H3. The van der Waals surface area contributed by atoms with E-state index in [-0.39, 0.29) is 0 Å². The fraction of sp³-hybridized carbons (Fsp3) is 0.389. The van der Waals surface area contributed by atoms with Crippen molar-refractivity contribution >= 4 is 17.4 Å². The summed E-state index contributed by atoms with van der Waals surface area (Å²) in [6, 6.07) is 9.77. The number of aryl methyl sites for hydroxylation is 1. The molecule has 0 atom stereocenters. The lowest BCUT2D eigenvalue weighted by Crippen LogP contribution is -2.02. The molecule has 0 bridgehead atoms. The molecule has 1 aromatic carbocycles. The molecule has 122 valence electrons. The quantitative estimate of drug-likeness (QED) is 0.782. The number of nitrogens with zero attached hydrogens (tertiary/aromatic N) is 1. The summed E-state index contributed by atoms with van der Waals surface area (Å²) in [5.74, 6) is 1.57. The number of hydrogen-bond acceptors (Lipinski definition) is 3. The highest BCUT2D eigenvalue weighted by Gasteiger charge is 2.03. The van der Waals surface area contributed by atoms with Crippen molar-refractivity contribution < 1.29 is 4.74 Å². The third kappa shape index (κ3) is 6.35. The van der Waals surface area contributed by atoms with E-state index >= 15 is 0 Å². The predicted octanol–water partition coefficient (Wildman–Crippen LogP) is 5.72. The number of pyridine rings is 1. The van der Waals surface area contributed by atoms with Gasteiger partial charge in [0.25, 0.3) is 0 Å². The first-order valence-corrected chi connectivity index (χ1v) is 8.06. The molecule has 0 saturated carbocycles. The number of hydrogen-bond donors (Lipinski definition) is 1. The summed E-state index contributed by atoms with van der Waals surface area (Å²) >= 11 is 6.16. The molecular formula is C18H27ClN2O. The van der Waals surface area contributed by atoms with E-state index < -0.39 is 0 Å². The van der Waals surface area contributed by atoms with Gasteiger partial charge < -0.3 is 10.1 Å². The minimum absolute atomic E-state index is 0.672. The number of anilines is 1. The van der Waals surface area contributed by atoms with Crippen LogP contribution in [0.2, 0.25) is 5.02 Å². The molecule has 0 spiro atoms. The van der Waals surface area contributed by atoms with Gasteiger partial charge in [-0.2, -0.15) is 0 Å². The van der Waals surface area contributed by atoms with Crippen LogP contribution in [-0.4, -0.2) is 12.1 Å². The molecule has 0 amide bonds. The predicted molar refractivity (Wildman–Crippen MR) is 97.0 cm³/mol. The molecule has 0 aliphatic rings. The molecule has 1 heterocycles. The number of rotatable bonds is 4. The van der Waals surface area contributed by atoms with Crippen LogP contribution >= 0.6 is 11.6 Å². The van der Waals surface area contributed by atoms with E-state index in [0.717, 1.165) is 16.9 Å². The number of halogens is 1. The summed E-state index contributed by atoms with van der Waals surface area (Å²) in [7, 11) is 1.66. The molecule has 22 heavy (non-hydrogen) atoms. The van der Waals surface area contributed by atoms with Crippen LogP contribution in [0, 0.1) is 6.92 Å². The van der Waals surface area contributed by atoms with Gasteiger partial charge in [0.05, 0.1) is 12.1 Å². The Morgan fingerprint density at radius 1 is 1.05 bits per heavy atom. The van der Waals surface area contributed by atoms with E-state index in [0.29, 0.717) is 17.4 Å². The van der Waals surface area contributed by atoms with E-state index in [9.17, 15) is 0 Å². The molecule has 0 fully saturated rings. The molecule has 0 saturated heterocycles. The average Bonchev–Trinajstić information content (AvgIpc) is 2.60. The zero-order chi connectivity index (χ0) is 17.0. The Balaban J connectivity index is 0.00000102. The van der Waals surface area contributed by atoms with Crippen molar-refractivity contribution in [3.63, 3.8) is 0 Å². The minimum Gasteiger partial charge on any atom is -0.497 e. The summed E-state index contributed by atoms with van der Waals surface area (Å²) in [4.78, 5) is 4.22. The Bertz CT molecular complexity index is 527. The molecule has 2 rings (SSSR count). The third-order valence-electron chi connectivity index (χ3n) is 2.70. The molecule has 0 radical (unpaired) electrons. The van der Waals surface area contributed by atoms with Crippen LogP contribution in [0.3, 0.4) is 0 Å². The molecule has 3 nitrogen and oxygen atoms in total. The van der Waals surface area contributed by atoms with Crippen LogP contribution in [0.5, 0.6) is 5.75 Å². The first kappa shape index (κ1) is 20.3. The number of benzene rings is 1. The first-order chi connectivity index (χ1) is 10.7. The lowest BCUT2D eigenvalue weighted by atomic mass is 10.2. The zero-order valence-electron chi connectivity index (χ0n) is 14.4. The number of aromatic nitrogens is 1. The SMILES string of the molecule is CC.CC.COc1ccc(CNc2nccc(C)c2Cl)cc1. The topological polar surface area (TPSA) is 34.1 Å². The van der Waals surface area contributed by atoms with Crippen LogP contribution in [0.4, 0.5) is 5.82 Å². The lowest BCUT2D eigenvalue weighted by Gasteiger charge is -2.09. The highest BCUT2D eigenvalue weighted by Crippen LogP contribution is 2.23. The number of nitrogens with one attached hydrogen (secondary N) is 1. The van der Waals surface area contributed by atoms with Gasteiger partial charge in [-0.15, -0.1) is 0 Å². The monoisotopic (exact) mass is 322 g/mol. The van der Waals surface area contributed by atoms with Crippen LogP contribution in [0.25, 0.3) is 0 Å². The van der Waals surface area contributed by atoms with Gasteiger partial charge in [-0.05, 0) is 36.2 Å². The second kappa shape index (κ2) is 11.9. The largest absolute Gasteiger partial charge is 0.497 e. The van der Waals surface area contributed by atoms with Crippen molar-refractivity contribution in [2.24, 2.45) is 0 Å². The fourth-order valence-electron chi connectivity index (χ4n) is 1.59. The molecule has 4 heteroatoms. The summed E-state index contributed by atoms with van der Waals surface area (Å²) in [6.07, 6.45) is 1.75. The highest BCUT2D eigenvalue weighted by atomic mass is 35.5. The van der Waals surface area contributed by atoms with E-state index in [1.54, 1.807) is 13.3 Å². The lowest BCUT2D eigenvalue weighted by molar-refractivity contribution is 0.414. The van der Waals surface area contributed by atoms with Crippen LogP contribution < -0.4 is 10.1 Å². The fourth-order valence-corrected chi connectivity index (χ4v) is 1.77. The third-order valence-corrected chi connectivity index (χ3v) is 3.18. The zero-order valence-corrected chi connectivity index (χ0v) is 15.2. The highest BCUT2D eigenvalue weighted by molar-refractivity contribution is 6.33. The van der Waals surface area contributed by atoms with Gasteiger partial charge >= 0.3 is 0 Å². The Morgan fingerprint density at radius 3 is 2.18 bits per heavy atom. The number of methoxy groups -OCH3 is 1. The number of ether oxygens (including phenoxy) is 1. The van der Waals surface area contributed by atoms with Crippen LogP contribution in [0.15, 0.2) is 36.5 Å². The van der Waals surface area contributed by atoms with Gasteiger partial charge in [-0.1, -0.05) is 51.4 Å². The second-order valence-corrected chi connectivity index (χ2v) is 4.37. The van der Waals surface area contributed by atoms with Crippen molar-refractivity contribution in [1.29, 1.82) is 0 Å². The first-order valence-electron chi connectivity index (χ1n) is 7.68. The normalized spacial score (nSPS) is 8.86. The molecule has 2 aromatic rings. The van der Waals surface area contributed by atoms with Crippen molar-refractivity contribution in [3.05, 3.63) is 52.7 Å². The molecule has 0 aliphatic heterocycles. The molecule has 1 aromatic heterocycles. The van der Waals surface area contributed by atoms with Crippen LogP contribution in [-0.2, 0) is 6.54 Å². The van der Waals surface area contributed by atoms with Crippen molar-refractivity contribution in [2.75, 3.05) is 12.4 Å². The Kier molecular flexibility index (Phi) is 10.9. The maximum absolute atomic E-state index is 6.16. The van der Waals surface area contributed by atoms with Gasteiger partial charge in [0.15, 0.2) is 0 Å². The summed E-state index contributed by atoms with van der Waals surface area (Å²) < 4.78 is 5.11. The van der Waals surface area contributed by atoms with Crippen LogP contribution in [0.1, 0.15) is 38.8 Å². The van der Waals surface area contributed by atoms with Crippen molar-refractivity contribution in [2.45, 2.75) is 41.2 Å². The van der Waals surface area contributed by atoms with Crippen molar-refractivity contribution in [1.82, 2.24) is 4.98 Å². The van der Waals surface area contributed by atoms with E-state index in [4.69, 9.17) is 16.3 Å². The van der Waals surface area contributed by atoms with Gasteiger partial charge in [-0.3, -0.25) is 0 Å². The summed E-state index contributed by atoms with van der Waals surface area (Å²) in [6.45, 7) is 10.6. The van der Waals surface area contributed by atoms with E-state index in [1.165, 1.54) is 0 Å². The van der Waals surface area contributed by atoms with Gasteiger partial charge in [0.1, 0.15) is 11.6 Å². The Morgan fingerprint density at radius 2 is 1.64 bits per heavy atom. The van der Waals surface area contributed by atoms with Gasteiger partial charge in [0, 0.05) is 12.7 Å². The maximum Gasteiger partial charge on any atom is 0.145 e. The minimum atomic E-state index is 0.672. The molecule has 0 aliphatic carbocycles. The smallest absolute Gasteiger partial charge is 0.145 e. The summed E-state index contributed by atoms with van der Waals surface area (Å²) in [5.41, 5.74) is 2.17. The van der Waals surface area contributed by atoms with Crippen molar-refractivity contribution in [3.8, 4) is 5.75 Å². The molecule has 0 unspecified atom stereocenters. The van der Waals surface area contributed by atoms with Gasteiger partial charge in [-0.25, -0.2) is 4.98 Å². The molecule has 1 N–H and O–H groups in total. The van der Waals surface area contributed by atoms with E-state index in [1.807, 2.05) is 65.0 Å². The summed E-state index contributed by atoms with van der Waals surface area (Å²) in [5, 5.41) is 3.90. The van der Waals surface area contributed by atoms with Gasteiger partial charge in [0.2, 0.25) is 0 Å². The average molecular weight is 323 g/mol. The Labute approximate surface area is 139 Å².